The van der Waals surface area contributed by atoms with Crippen molar-refractivity contribution in [1.82, 2.24) is 4.90 Å². The van der Waals surface area contributed by atoms with Gasteiger partial charge in [0.15, 0.2) is 0 Å². The van der Waals surface area contributed by atoms with Crippen molar-refractivity contribution in [2.45, 2.75) is 51.7 Å². The number of hydrogen-bond donors (Lipinski definition) is 1. The van der Waals surface area contributed by atoms with Gasteiger partial charge in [-0.3, -0.25) is 4.79 Å². The summed E-state index contributed by atoms with van der Waals surface area (Å²) in [5, 5.41) is 0. The molecule has 1 saturated heterocycles. The topological polar surface area (TPSA) is 81.9 Å². The van der Waals surface area contributed by atoms with Gasteiger partial charge in [0.1, 0.15) is 11.0 Å². The normalized spacial score (nSPS) is 22.8. The van der Waals surface area contributed by atoms with Gasteiger partial charge in [-0.1, -0.05) is 0 Å². The first-order valence-corrected chi connectivity index (χ1v) is 7.08. The predicted octanol–water partition coefficient (Wildman–Crippen LogP) is 1.28. The van der Waals surface area contributed by atoms with Gasteiger partial charge in [-0.05, 0) is 40.5 Å². The third-order valence-electron chi connectivity index (χ3n) is 3.98. The summed E-state index contributed by atoms with van der Waals surface area (Å²) in [6.07, 6.45) is 1.20. The zero-order valence-electron chi connectivity index (χ0n) is 12.7. The van der Waals surface area contributed by atoms with Crippen LogP contribution in [0, 0.1) is 5.41 Å². The van der Waals surface area contributed by atoms with E-state index in [-0.39, 0.29) is 19.1 Å². The summed E-state index contributed by atoms with van der Waals surface area (Å²) in [6.45, 7) is 8.11. The summed E-state index contributed by atoms with van der Waals surface area (Å²) in [4.78, 5) is 25.7. The summed E-state index contributed by atoms with van der Waals surface area (Å²) < 4.78 is 10.4. The molecule has 0 aromatic rings. The van der Waals surface area contributed by atoms with Crippen LogP contribution in [0.4, 0.5) is 4.79 Å². The van der Waals surface area contributed by atoms with Crippen molar-refractivity contribution in [1.29, 1.82) is 0 Å². The minimum atomic E-state index is -0.750. The fourth-order valence-corrected chi connectivity index (χ4v) is 2.59. The van der Waals surface area contributed by atoms with E-state index >= 15 is 0 Å². The van der Waals surface area contributed by atoms with Crippen molar-refractivity contribution in [3.8, 4) is 0 Å². The molecular formula is C14H24N2O4. The van der Waals surface area contributed by atoms with E-state index in [0.29, 0.717) is 6.61 Å². The van der Waals surface area contributed by atoms with Crippen LogP contribution in [-0.4, -0.2) is 47.8 Å². The molecule has 0 spiro atoms. The highest BCUT2D eigenvalue weighted by atomic mass is 16.6. The number of nitrogens with two attached hydrogens (primary N) is 1. The number of amides is 1. The Kier molecular flexibility index (Phi) is 3.48. The number of ether oxygens (including phenoxy) is 2. The van der Waals surface area contributed by atoms with E-state index < -0.39 is 22.6 Å². The minimum absolute atomic E-state index is 0.289. The molecule has 0 bridgehead atoms. The summed E-state index contributed by atoms with van der Waals surface area (Å²) >= 11 is 0. The monoisotopic (exact) mass is 284 g/mol. The van der Waals surface area contributed by atoms with E-state index in [1.54, 1.807) is 6.92 Å². The molecule has 2 N–H and O–H groups in total. The SMILES string of the molecule is CCOC(=O)C1(C2(N)CC2)CN(C(=O)OC(C)(C)C)C1. The third-order valence-corrected chi connectivity index (χ3v) is 3.98. The second-order valence-corrected chi connectivity index (χ2v) is 6.80. The number of esters is 1. The quantitative estimate of drug-likeness (QED) is 0.789. The first kappa shape index (κ1) is 15.1. The van der Waals surface area contributed by atoms with Crippen molar-refractivity contribution >= 4 is 12.1 Å². The van der Waals surface area contributed by atoms with Gasteiger partial charge in [-0.2, -0.15) is 0 Å². The fourth-order valence-electron chi connectivity index (χ4n) is 2.59. The third kappa shape index (κ3) is 2.49. The smallest absolute Gasteiger partial charge is 0.410 e. The Hall–Kier alpha value is -1.30. The Morgan fingerprint density at radius 1 is 1.25 bits per heavy atom. The predicted molar refractivity (Wildman–Crippen MR) is 73.0 cm³/mol. The number of rotatable bonds is 3. The van der Waals surface area contributed by atoms with E-state index in [0.717, 1.165) is 12.8 Å². The summed E-state index contributed by atoms with van der Waals surface area (Å²) in [5.74, 6) is -0.292. The standard InChI is InChI=1S/C14H24N2O4/c1-5-19-10(17)13(14(15)6-7-14)8-16(9-13)11(18)20-12(2,3)4/h5-9,15H2,1-4H3. The van der Waals surface area contributed by atoms with E-state index in [1.807, 2.05) is 20.8 Å². The first-order valence-electron chi connectivity index (χ1n) is 7.08. The van der Waals surface area contributed by atoms with Gasteiger partial charge < -0.3 is 20.1 Å². The lowest BCUT2D eigenvalue weighted by atomic mass is 9.71. The van der Waals surface area contributed by atoms with Gasteiger partial charge in [0.2, 0.25) is 0 Å². The molecule has 20 heavy (non-hydrogen) atoms. The molecule has 2 fully saturated rings. The largest absolute Gasteiger partial charge is 0.465 e. The minimum Gasteiger partial charge on any atom is -0.465 e. The maximum atomic E-state index is 12.2. The van der Waals surface area contributed by atoms with Crippen LogP contribution in [0.2, 0.25) is 0 Å². The Morgan fingerprint density at radius 3 is 2.20 bits per heavy atom. The van der Waals surface area contributed by atoms with Gasteiger partial charge in [0.05, 0.1) is 6.61 Å². The van der Waals surface area contributed by atoms with E-state index in [1.165, 1.54) is 4.90 Å². The Balaban J connectivity index is 2.02. The maximum absolute atomic E-state index is 12.2. The van der Waals surface area contributed by atoms with Gasteiger partial charge in [-0.25, -0.2) is 4.79 Å². The highest BCUT2D eigenvalue weighted by Crippen LogP contribution is 2.53. The van der Waals surface area contributed by atoms with E-state index in [9.17, 15) is 9.59 Å². The van der Waals surface area contributed by atoms with Gasteiger partial charge >= 0.3 is 12.1 Å². The highest BCUT2D eigenvalue weighted by Gasteiger charge is 2.68. The molecule has 114 valence electrons. The van der Waals surface area contributed by atoms with Crippen LogP contribution in [0.1, 0.15) is 40.5 Å². The summed E-state index contributed by atoms with van der Waals surface area (Å²) in [7, 11) is 0. The molecule has 1 amide bonds. The van der Waals surface area contributed by atoms with E-state index in [4.69, 9.17) is 15.2 Å². The second-order valence-electron chi connectivity index (χ2n) is 6.80. The molecule has 6 heteroatoms. The number of likely N-dealkylation sites (tertiary alicyclic amines) is 1. The van der Waals surface area contributed by atoms with Gasteiger partial charge in [0, 0.05) is 18.6 Å². The Morgan fingerprint density at radius 2 is 1.80 bits per heavy atom. The lowest BCUT2D eigenvalue weighted by Crippen LogP contribution is -2.71. The zero-order chi connectivity index (χ0) is 15.2. The summed E-state index contributed by atoms with van der Waals surface area (Å²) in [5.41, 5.74) is 4.42. The van der Waals surface area contributed by atoms with Gasteiger partial charge in [0.25, 0.3) is 0 Å². The van der Waals surface area contributed by atoms with Crippen LogP contribution in [0.3, 0.4) is 0 Å². The molecule has 0 aromatic heterocycles. The molecule has 6 nitrogen and oxygen atoms in total. The molecular weight excluding hydrogens is 260 g/mol. The average Bonchev–Trinajstić information content (AvgIpc) is 2.93. The molecule has 1 aliphatic heterocycles. The van der Waals surface area contributed by atoms with Crippen molar-refractivity contribution in [3.63, 3.8) is 0 Å². The second kappa shape index (κ2) is 4.62. The molecule has 0 atom stereocenters. The molecule has 0 radical (unpaired) electrons. The van der Waals surface area contributed by atoms with Crippen LogP contribution >= 0.6 is 0 Å². The van der Waals surface area contributed by atoms with Crippen LogP contribution in [0.15, 0.2) is 0 Å². The lowest BCUT2D eigenvalue weighted by Gasteiger charge is -2.51. The van der Waals surface area contributed by atoms with Crippen molar-refractivity contribution in [3.05, 3.63) is 0 Å². The Labute approximate surface area is 119 Å². The number of carbonyl (C=O) groups excluding carboxylic acids is 2. The number of carbonyl (C=O) groups is 2. The zero-order valence-corrected chi connectivity index (χ0v) is 12.7. The molecule has 0 aromatic carbocycles. The number of hydrogen-bond acceptors (Lipinski definition) is 5. The lowest BCUT2D eigenvalue weighted by molar-refractivity contribution is -0.169. The molecule has 1 saturated carbocycles. The van der Waals surface area contributed by atoms with Crippen LogP contribution in [0.25, 0.3) is 0 Å². The van der Waals surface area contributed by atoms with Crippen LogP contribution in [0.5, 0.6) is 0 Å². The van der Waals surface area contributed by atoms with Gasteiger partial charge in [-0.15, -0.1) is 0 Å². The van der Waals surface area contributed by atoms with Crippen molar-refractivity contribution < 1.29 is 19.1 Å². The highest BCUT2D eigenvalue weighted by molar-refractivity contribution is 5.84. The van der Waals surface area contributed by atoms with Crippen LogP contribution in [-0.2, 0) is 14.3 Å². The average molecular weight is 284 g/mol. The van der Waals surface area contributed by atoms with Crippen molar-refractivity contribution in [2.24, 2.45) is 11.1 Å². The summed E-state index contributed by atoms with van der Waals surface area (Å²) in [6, 6.07) is 0. The molecule has 2 rings (SSSR count). The first-order chi connectivity index (χ1) is 9.13. The molecule has 2 aliphatic rings. The van der Waals surface area contributed by atoms with Crippen molar-refractivity contribution in [2.75, 3.05) is 19.7 Å². The number of nitrogens with zero attached hydrogens (tertiary/aromatic N) is 1. The van der Waals surface area contributed by atoms with E-state index in [2.05, 4.69) is 0 Å². The maximum Gasteiger partial charge on any atom is 0.410 e. The van der Waals surface area contributed by atoms with Crippen LogP contribution < -0.4 is 5.73 Å². The molecule has 1 heterocycles. The molecule has 1 aliphatic carbocycles. The molecule has 0 unspecified atom stereocenters. The fraction of sp³-hybridized carbons (Fsp3) is 0.857. The Bertz CT molecular complexity index is 417.